The van der Waals surface area contributed by atoms with Crippen LogP contribution in [0.5, 0.6) is 0 Å². The molecule has 0 aromatic carbocycles. The van der Waals surface area contributed by atoms with Crippen LogP contribution in [0.2, 0.25) is 0 Å². The van der Waals surface area contributed by atoms with E-state index in [1.54, 1.807) is 0 Å². The van der Waals surface area contributed by atoms with Gasteiger partial charge in [0.15, 0.2) is 0 Å². The molecule has 0 aliphatic rings. The SMILES string of the molecule is CCC(CCCCl)C(=O)Cl. The molecular formula is C7H12Cl2O. The average Bonchev–Trinajstić information content (AvgIpc) is 1.89. The number of carbonyl (C=O) groups is 1. The predicted octanol–water partition coefficient (Wildman–Crippen LogP) is 2.80. The molecule has 1 unspecified atom stereocenters. The van der Waals surface area contributed by atoms with Gasteiger partial charge in [0.1, 0.15) is 0 Å². The Labute approximate surface area is 71.7 Å². The summed E-state index contributed by atoms with van der Waals surface area (Å²) < 4.78 is 0. The molecule has 0 N–H and O–H groups in total. The molecule has 0 heterocycles. The first-order valence-corrected chi connectivity index (χ1v) is 4.39. The molecule has 0 fully saturated rings. The van der Waals surface area contributed by atoms with Crippen molar-refractivity contribution >= 4 is 28.4 Å². The third kappa shape index (κ3) is 4.13. The van der Waals surface area contributed by atoms with E-state index in [4.69, 9.17) is 23.2 Å². The van der Waals surface area contributed by atoms with Crippen molar-refractivity contribution in [3.63, 3.8) is 0 Å². The zero-order valence-electron chi connectivity index (χ0n) is 6.07. The topological polar surface area (TPSA) is 17.1 Å². The largest absolute Gasteiger partial charge is 0.281 e. The van der Waals surface area contributed by atoms with Crippen LogP contribution in [0, 0.1) is 5.92 Å². The first-order valence-electron chi connectivity index (χ1n) is 3.47. The predicted molar refractivity (Wildman–Crippen MR) is 44.6 cm³/mol. The van der Waals surface area contributed by atoms with Crippen LogP contribution in [0.3, 0.4) is 0 Å². The van der Waals surface area contributed by atoms with Crippen molar-refractivity contribution in [1.29, 1.82) is 0 Å². The number of carbonyl (C=O) groups excluding carboxylic acids is 1. The second kappa shape index (κ2) is 5.99. The van der Waals surface area contributed by atoms with Gasteiger partial charge in [0.2, 0.25) is 5.24 Å². The Bertz CT molecular complexity index is 104. The Morgan fingerprint density at radius 2 is 2.20 bits per heavy atom. The van der Waals surface area contributed by atoms with Gasteiger partial charge >= 0.3 is 0 Å². The molecule has 0 rings (SSSR count). The highest BCUT2D eigenvalue weighted by Gasteiger charge is 2.12. The van der Waals surface area contributed by atoms with E-state index in [1.807, 2.05) is 6.92 Å². The second-order valence-corrected chi connectivity index (χ2v) is 2.99. The van der Waals surface area contributed by atoms with Crippen molar-refractivity contribution in [2.45, 2.75) is 26.2 Å². The lowest BCUT2D eigenvalue weighted by Crippen LogP contribution is -2.07. The fraction of sp³-hybridized carbons (Fsp3) is 0.857. The van der Waals surface area contributed by atoms with Crippen LogP contribution in [0.4, 0.5) is 0 Å². The monoisotopic (exact) mass is 182 g/mol. The highest BCUT2D eigenvalue weighted by Crippen LogP contribution is 2.14. The van der Waals surface area contributed by atoms with Crippen molar-refractivity contribution in [3.8, 4) is 0 Å². The Morgan fingerprint density at radius 3 is 2.50 bits per heavy atom. The molecule has 1 nitrogen and oxygen atoms in total. The molecule has 0 amide bonds. The molecule has 0 saturated heterocycles. The average molecular weight is 183 g/mol. The molecule has 0 aliphatic carbocycles. The Hall–Kier alpha value is 0.250. The fourth-order valence-corrected chi connectivity index (χ4v) is 1.22. The number of alkyl halides is 1. The van der Waals surface area contributed by atoms with Crippen LogP contribution in [0.15, 0.2) is 0 Å². The molecule has 0 bridgehead atoms. The van der Waals surface area contributed by atoms with E-state index in [0.717, 1.165) is 19.3 Å². The summed E-state index contributed by atoms with van der Waals surface area (Å²) in [7, 11) is 0. The van der Waals surface area contributed by atoms with Gasteiger partial charge in [-0.15, -0.1) is 11.6 Å². The zero-order valence-corrected chi connectivity index (χ0v) is 7.58. The molecule has 3 heteroatoms. The summed E-state index contributed by atoms with van der Waals surface area (Å²) in [6.07, 6.45) is 2.51. The summed E-state index contributed by atoms with van der Waals surface area (Å²) in [4.78, 5) is 10.6. The minimum atomic E-state index is -0.229. The molecule has 60 valence electrons. The Morgan fingerprint density at radius 1 is 1.60 bits per heavy atom. The molecule has 0 radical (unpaired) electrons. The quantitative estimate of drug-likeness (QED) is 0.473. The van der Waals surface area contributed by atoms with Crippen LogP contribution in [-0.4, -0.2) is 11.1 Å². The van der Waals surface area contributed by atoms with Crippen LogP contribution in [0.1, 0.15) is 26.2 Å². The van der Waals surface area contributed by atoms with Gasteiger partial charge in [0, 0.05) is 11.8 Å². The summed E-state index contributed by atoms with van der Waals surface area (Å²) >= 11 is 10.8. The maximum atomic E-state index is 10.6. The molecule has 0 aliphatic heterocycles. The first-order chi connectivity index (χ1) is 4.72. The van der Waals surface area contributed by atoms with Gasteiger partial charge in [-0.3, -0.25) is 4.79 Å². The minimum Gasteiger partial charge on any atom is -0.281 e. The van der Waals surface area contributed by atoms with Crippen molar-refractivity contribution in [2.24, 2.45) is 5.92 Å². The highest BCUT2D eigenvalue weighted by atomic mass is 35.5. The van der Waals surface area contributed by atoms with Crippen LogP contribution < -0.4 is 0 Å². The van der Waals surface area contributed by atoms with E-state index in [9.17, 15) is 4.79 Å². The van der Waals surface area contributed by atoms with Gasteiger partial charge in [0.25, 0.3) is 0 Å². The number of hydrogen-bond acceptors (Lipinski definition) is 1. The molecule has 0 saturated carbocycles. The summed E-state index contributed by atoms with van der Waals surface area (Å²) in [6, 6.07) is 0. The van der Waals surface area contributed by atoms with Gasteiger partial charge in [0.05, 0.1) is 0 Å². The molecule has 1 atom stereocenters. The number of rotatable bonds is 5. The molecule has 0 aromatic heterocycles. The maximum Gasteiger partial charge on any atom is 0.224 e. The highest BCUT2D eigenvalue weighted by molar-refractivity contribution is 6.63. The summed E-state index contributed by atoms with van der Waals surface area (Å²) in [5, 5.41) is -0.229. The maximum absolute atomic E-state index is 10.6. The van der Waals surface area contributed by atoms with Crippen molar-refractivity contribution < 1.29 is 4.79 Å². The summed E-state index contributed by atoms with van der Waals surface area (Å²) in [5.41, 5.74) is 0. The van der Waals surface area contributed by atoms with E-state index in [-0.39, 0.29) is 11.2 Å². The van der Waals surface area contributed by atoms with Gasteiger partial charge < -0.3 is 0 Å². The summed E-state index contributed by atoms with van der Waals surface area (Å²) in [5.74, 6) is 0.626. The Kier molecular flexibility index (Phi) is 6.14. The lowest BCUT2D eigenvalue weighted by molar-refractivity contribution is -0.115. The van der Waals surface area contributed by atoms with E-state index >= 15 is 0 Å². The third-order valence-corrected chi connectivity index (χ3v) is 2.08. The first kappa shape index (κ1) is 10.2. The third-order valence-electron chi connectivity index (χ3n) is 1.50. The van der Waals surface area contributed by atoms with Crippen molar-refractivity contribution in [2.75, 3.05) is 5.88 Å². The summed E-state index contributed by atoms with van der Waals surface area (Å²) in [6.45, 7) is 1.96. The standard InChI is InChI=1S/C7H12Cl2O/c1-2-6(7(9)10)4-3-5-8/h6H,2-5H2,1H3. The fourth-order valence-electron chi connectivity index (χ4n) is 0.802. The molecular weight excluding hydrogens is 171 g/mol. The lowest BCUT2D eigenvalue weighted by Gasteiger charge is -2.06. The van der Waals surface area contributed by atoms with Crippen LogP contribution in [-0.2, 0) is 4.79 Å². The van der Waals surface area contributed by atoms with Gasteiger partial charge in [-0.1, -0.05) is 6.92 Å². The van der Waals surface area contributed by atoms with E-state index in [0.29, 0.717) is 5.88 Å². The second-order valence-electron chi connectivity index (χ2n) is 2.24. The van der Waals surface area contributed by atoms with Crippen LogP contribution >= 0.6 is 23.2 Å². The van der Waals surface area contributed by atoms with Crippen LogP contribution in [0.25, 0.3) is 0 Å². The molecule has 0 aromatic rings. The molecule has 0 spiro atoms. The van der Waals surface area contributed by atoms with Crippen molar-refractivity contribution in [3.05, 3.63) is 0 Å². The number of hydrogen-bond donors (Lipinski definition) is 0. The van der Waals surface area contributed by atoms with Gasteiger partial charge in [-0.05, 0) is 30.9 Å². The minimum absolute atomic E-state index is 0.0143. The van der Waals surface area contributed by atoms with E-state index in [1.165, 1.54) is 0 Å². The lowest BCUT2D eigenvalue weighted by atomic mass is 10.0. The zero-order chi connectivity index (χ0) is 7.98. The number of halogens is 2. The van der Waals surface area contributed by atoms with Gasteiger partial charge in [-0.2, -0.15) is 0 Å². The van der Waals surface area contributed by atoms with E-state index in [2.05, 4.69) is 0 Å². The normalized spacial score (nSPS) is 13.1. The van der Waals surface area contributed by atoms with Crippen molar-refractivity contribution in [1.82, 2.24) is 0 Å². The van der Waals surface area contributed by atoms with E-state index < -0.39 is 0 Å². The molecule has 10 heavy (non-hydrogen) atoms. The van der Waals surface area contributed by atoms with Gasteiger partial charge in [-0.25, -0.2) is 0 Å². The Balaban J connectivity index is 3.50. The smallest absolute Gasteiger partial charge is 0.224 e.